The third kappa shape index (κ3) is 3.01. The molecule has 4 nitrogen and oxygen atoms in total. The maximum absolute atomic E-state index is 5.57. The molecule has 90 valence electrons. The van der Waals surface area contributed by atoms with Crippen molar-refractivity contribution in [3.63, 3.8) is 0 Å². The molecule has 0 amide bonds. The van der Waals surface area contributed by atoms with Gasteiger partial charge in [0, 0.05) is 18.0 Å². The summed E-state index contributed by atoms with van der Waals surface area (Å²) in [5, 5.41) is 1.21. The van der Waals surface area contributed by atoms with Crippen molar-refractivity contribution in [3.05, 3.63) is 15.6 Å². The van der Waals surface area contributed by atoms with Crippen LogP contribution in [0, 0.1) is 6.92 Å². The van der Waals surface area contributed by atoms with E-state index in [4.69, 9.17) is 10.5 Å². The zero-order chi connectivity index (χ0) is 11.4. The standard InChI is InChI=1S/C11H19N3OS/c1-9-10(2-3-12)16-11(13-9)8-14-4-6-15-7-5-14/h2-8,12H2,1H3. The molecule has 0 aromatic carbocycles. The second-order valence-corrected chi connectivity index (χ2v) is 5.21. The molecule has 1 saturated heterocycles. The van der Waals surface area contributed by atoms with E-state index >= 15 is 0 Å². The first-order valence-electron chi connectivity index (χ1n) is 5.75. The van der Waals surface area contributed by atoms with Gasteiger partial charge in [-0.3, -0.25) is 4.90 Å². The molecule has 2 rings (SSSR count). The van der Waals surface area contributed by atoms with Crippen LogP contribution in [0.25, 0.3) is 0 Å². The Morgan fingerprint density at radius 2 is 2.19 bits per heavy atom. The third-order valence-corrected chi connectivity index (χ3v) is 3.97. The number of aryl methyl sites for hydroxylation is 1. The van der Waals surface area contributed by atoms with Gasteiger partial charge in [-0.1, -0.05) is 0 Å². The first-order chi connectivity index (χ1) is 7.79. The highest BCUT2D eigenvalue weighted by Crippen LogP contribution is 2.20. The van der Waals surface area contributed by atoms with Gasteiger partial charge < -0.3 is 10.5 Å². The Hall–Kier alpha value is -0.490. The second-order valence-electron chi connectivity index (χ2n) is 4.04. The Kier molecular flexibility index (Phi) is 4.29. The quantitative estimate of drug-likeness (QED) is 0.846. The van der Waals surface area contributed by atoms with Gasteiger partial charge in [-0.25, -0.2) is 4.98 Å². The molecule has 0 unspecified atom stereocenters. The van der Waals surface area contributed by atoms with Crippen LogP contribution in [-0.2, 0) is 17.7 Å². The average molecular weight is 241 g/mol. The molecule has 1 aromatic heterocycles. The van der Waals surface area contributed by atoms with Gasteiger partial charge in [0.05, 0.1) is 25.5 Å². The largest absolute Gasteiger partial charge is 0.379 e. The Labute approximate surface area is 100 Å². The number of nitrogens with two attached hydrogens (primary N) is 1. The Morgan fingerprint density at radius 3 is 2.88 bits per heavy atom. The number of hydrogen-bond donors (Lipinski definition) is 1. The fraction of sp³-hybridized carbons (Fsp3) is 0.727. The smallest absolute Gasteiger partial charge is 0.107 e. The molecule has 1 aromatic rings. The van der Waals surface area contributed by atoms with Crippen LogP contribution in [0.2, 0.25) is 0 Å². The third-order valence-electron chi connectivity index (χ3n) is 2.77. The molecule has 1 aliphatic rings. The first-order valence-corrected chi connectivity index (χ1v) is 6.56. The Bertz CT molecular complexity index is 334. The number of aromatic nitrogens is 1. The lowest BCUT2D eigenvalue weighted by atomic mass is 10.3. The number of ether oxygens (including phenoxy) is 1. The van der Waals surface area contributed by atoms with E-state index in [1.54, 1.807) is 11.3 Å². The summed E-state index contributed by atoms with van der Waals surface area (Å²) >= 11 is 1.80. The van der Waals surface area contributed by atoms with Gasteiger partial charge >= 0.3 is 0 Å². The molecule has 0 saturated carbocycles. The number of nitrogens with zero attached hydrogens (tertiary/aromatic N) is 2. The molecule has 2 N–H and O–H groups in total. The lowest BCUT2D eigenvalue weighted by Crippen LogP contribution is -2.35. The van der Waals surface area contributed by atoms with E-state index in [-0.39, 0.29) is 0 Å². The van der Waals surface area contributed by atoms with E-state index in [0.29, 0.717) is 6.54 Å². The van der Waals surface area contributed by atoms with Crippen LogP contribution in [-0.4, -0.2) is 42.7 Å². The Balaban J connectivity index is 1.95. The lowest BCUT2D eigenvalue weighted by molar-refractivity contribution is 0.0341. The van der Waals surface area contributed by atoms with Crippen molar-refractivity contribution in [2.24, 2.45) is 5.73 Å². The van der Waals surface area contributed by atoms with Gasteiger partial charge in [0.25, 0.3) is 0 Å². The van der Waals surface area contributed by atoms with Crippen molar-refractivity contribution in [2.45, 2.75) is 19.9 Å². The van der Waals surface area contributed by atoms with E-state index in [9.17, 15) is 0 Å². The Morgan fingerprint density at radius 1 is 1.44 bits per heavy atom. The molecular weight excluding hydrogens is 222 g/mol. The summed E-state index contributed by atoms with van der Waals surface area (Å²) in [5.41, 5.74) is 6.73. The summed E-state index contributed by atoms with van der Waals surface area (Å²) in [6.45, 7) is 7.47. The molecule has 0 bridgehead atoms. The van der Waals surface area contributed by atoms with Crippen LogP contribution < -0.4 is 5.73 Å². The highest BCUT2D eigenvalue weighted by Gasteiger charge is 2.14. The second kappa shape index (κ2) is 5.72. The summed E-state index contributed by atoms with van der Waals surface area (Å²) in [6, 6.07) is 0. The first kappa shape index (κ1) is 12.0. The van der Waals surface area contributed by atoms with E-state index in [0.717, 1.165) is 45.0 Å². The average Bonchev–Trinajstić information content (AvgIpc) is 2.61. The molecule has 1 fully saturated rings. The van der Waals surface area contributed by atoms with Crippen molar-refractivity contribution in [1.29, 1.82) is 0 Å². The maximum Gasteiger partial charge on any atom is 0.107 e. The minimum Gasteiger partial charge on any atom is -0.379 e. The molecule has 0 spiro atoms. The van der Waals surface area contributed by atoms with Gasteiger partial charge in [0.1, 0.15) is 5.01 Å². The zero-order valence-electron chi connectivity index (χ0n) is 9.74. The topological polar surface area (TPSA) is 51.4 Å². The maximum atomic E-state index is 5.57. The van der Waals surface area contributed by atoms with Crippen LogP contribution in [0.1, 0.15) is 15.6 Å². The molecular formula is C11H19N3OS. The summed E-state index contributed by atoms with van der Waals surface area (Å²) < 4.78 is 5.33. The molecule has 1 aliphatic heterocycles. The molecule has 0 atom stereocenters. The van der Waals surface area contributed by atoms with Crippen molar-refractivity contribution >= 4 is 11.3 Å². The minimum absolute atomic E-state index is 0.708. The number of rotatable bonds is 4. The summed E-state index contributed by atoms with van der Waals surface area (Å²) in [4.78, 5) is 8.34. The van der Waals surface area contributed by atoms with Crippen LogP contribution in [0.4, 0.5) is 0 Å². The SMILES string of the molecule is Cc1nc(CN2CCOCC2)sc1CCN. The summed E-state index contributed by atoms with van der Waals surface area (Å²) in [6.07, 6.45) is 0.951. The lowest BCUT2D eigenvalue weighted by Gasteiger charge is -2.25. The van der Waals surface area contributed by atoms with Crippen molar-refractivity contribution < 1.29 is 4.74 Å². The minimum atomic E-state index is 0.708. The normalized spacial score (nSPS) is 17.9. The summed E-state index contributed by atoms with van der Waals surface area (Å²) in [7, 11) is 0. The predicted molar refractivity (Wildman–Crippen MR) is 65.7 cm³/mol. The molecule has 0 radical (unpaired) electrons. The monoisotopic (exact) mass is 241 g/mol. The van der Waals surface area contributed by atoms with Gasteiger partial charge in [-0.15, -0.1) is 11.3 Å². The van der Waals surface area contributed by atoms with E-state index in [2.05, 4.69) is 16.8 Å². The molecule has 0 aliphatic carbocycles. The predicted octanol–water partition coefficient (Wildman–Crippen LogP) is 0.785. The van der Waals surface area contributed by atoms with Crippen LogP contribution >= 0.6 is 11.3 Å². The van der Waals surface area contributed by atoms with Gasteiger partial charge in [-0.05, 0) is 19.9 Å². The highest BCUT2D eigenvalue weighted by molar-refractivity contribution is 7.11. The number of thiazole rings is 1. The number of morpholine rings is 1. The van der Waals surface area contributed by atoms with E-state index < -0.39 is 0 Å². The molecule has 16 heavy (non-hydrogen) atoms. The molecule has 5 heteroatoms. The van der Waals surface area contributed by atoms with Crippen LogP contribution in [0.5, 0.6) is 0 Å². The van der Waals surface area contributed by atoms with Gasteiger partial charge in [-0.2, -0.15) is 0 Å². The van der Waals surface area contributed by atoms with Crippen LogP contribution in [0.15, 0.2) is 0 Å². The summed E-state index contributed by atoms with van der Waals surface area (Å²) in [5.74, 6) is 0. The van der Waals surface area contributed by atoms with E-state index in [1.807, 2.05) is 0 Å². The van der Waals surface area contributed by atoms with E-state index in [1.165, 1.54) is 9.88 Å². The fourth-order valence-electron chi connectivity index (χ4n) is 1.87. The molecule has 2 heterocycles. The van der Waals surface area contributed by atoms with Crippen molar-refractivity contribution in [3.8, 4) is 0 Å². The van der Waals surface area contributed by atoms with Crippen molar-refractivity contribution in [2.75, 3.05) is 32.8 Å². The van der Waals surface area contributed by atoms with Gasteiger partial charge in [0.2, 0.25) is 0 Å². The highest BCUT2D eigenvalue weighted by atomic mass is 32.1. The van der Waals surface area contributed by atoms with Crippen molar-refractivity contribution in [1.82, 2.24) is 9.88 Å². The number of hydrogen-bond acceptors (Lipinski definition) is 5. The zero-order valence-corrected chi connectivity index (χ0v) is 10.6. The van der Waals surface area contributed by atoms with Crippen LogP contribution in [0.3, 0.4) is 0 Å². The fourth-order valence-corrected chi connectivity index (χ4v) is 3.00. The van der Waals surface area contributed by atoms with Gasteiger partial charge in [0.15, 0.2) is 0 Å².